The molecule has 4 rings (SSSR count). The Balaban J connectivity index is 1.52. The Kier molecular flexibility index (Phi) is 3.92. The number of aromatic hydroxyl groups is 1. The number of hydrogen-bond donors (Lipinski definition) is 1. The summed E-state index contributed by atoms with van der Waals surface area (Å²) < 4.78 is 18.8. The lowest BCUT2D eigenvalue weighted by Crippen LogP contribution is -2.05. The van der Waals surface area contributed by atoms with Crippen LogP contribution in [0.4, 0.5) is 4.39 Å². The number of thiophene rings is 1. The molecule has 0 amide bonds. The topological polar surface area (TPSA) is 46.5 Å². The molecule has 0 radical (unpaired) electrons. The summed E-state index contributed by atoms with van der Waals surface area (Å²) in [6, 6.07) is 2.86. The van der Waals surface area contributed by atoms with Gasteiger partial charge in [0.2, 0.25) is 0 Å². The van der Waals surface area contributed by atoms with E-state index in [2.05, 4.69) is 20.8 Å². The first-order valence-corrected chi connectivity index (χ1v) is 9.78. The standard InChI is InChI=1S/C21H23FO3S/c1-10-17-12(9-13-18(17)21(13,2)3)20(26-10)15(23)6-5-11-7-14(22)19(24)16(8-11)25-4/h7-8,13,18,24H,5-6,9H2,1-4H3/t13-,18-/m1/s1. The van der Waals surface area contributed by atoms with Crippen LogP contribution in [0.25, 0.3) is 0 Å². The molecule has 1 heterocycles. The number of phenolic OH excluding ortho intramolecular Hbond substituents is 1. The van der Waals surface area contributed by atoms with Gasteiger partial charge in [-0.25, -0.2) is 4.39 Å². The maximum atomic E-state index is 13.8. The van der Waals surface area contributed by atoms with Crippen molar-refractivity contribution >= 4 is 17.1 Å². The first kappa shape index (κ1) is 17.5. The van der Waals surface area contributed by atoms with Gasteiger partial charge in [0.15, 0.2) is 23.1 Å². The van der Waals surface area contributed by atoms with Gasteiger partial charge in [-0.15, -0.1) is 11.3 Å². The number of methoxy groups -OCH3 is 1. The van der Waals surface area contributed by atoms with Crippen LogP contribution in [0, 0.1) is 24.1 Å². The van der Waals surface area contributed by atoms with Crippen LogP contribution in [0.15, 0.2) is 12.1 Å². The van der Waals surface area contributed by atoms with Crippen molar-refractivity contribution in [2.24, 2.45) is 11.3 Å². The fourth-order valence-corrected chi connectivity index (χ4v) is 5.85. The number of ether oxygens (including phenoxy) is 1. The molecule has 0 bridgehead atoms. The average Bonchev–Trinajstić information content (AvgIpc) is 2.95. The van der Waals surface area contributed by atoms with E-state index in [1.54, 1.807) is 17.4 Å². The summed E-state index contributed by atoms with van der Waals surface area (Å²) in [6.07, 6.45) is 1.77. The molecule has 26 heavy (non-hydrogen) atoms. The van der Waals surface area contributed by atoms with Crippen LogP contribution >= 0.6 is 11.3 Å². The molecule has 2 atom stereocenters. The van der Waals surface area contributed by atoms with Gasteiger partial charge < -0.3 is 9.84 Å². The molecule has 2 aliphatic carbocycles. The number of benzene rings is 1. The van der Waals surface area contributed by atoms with E-state index in [1.165, 1.54) is 29.2 Å². The number of hydrogen-bond acceptors (Lipinski definition) is 4. The molecule has 0 saturated heterocycles. The predicted octanol–water partition coefficient (Wildman–Crippen LogP) is 5.02. The van der Waals surface area contributed by atoms with Crippen LogP contribution in [0.3, 0.4) is 0 Å². The largest absolute Gasteiger partial charge is 0.502 e. The number of fused-ring (bicyclic) bond motifs is 3. The normalized spacial score (nSPS) is 22.0. The first-order chi connectivity index (χ1) is 12.3. The van der Waals surface area contributed by atoms with E-state index < -0.39 is 11.6 Å². The zero-order valence-corrected chi connectivity index (χ0v) is 16.3. The minimum Gasteiger partial charge on any atom is -0.502 e. The van der Waals surface area contributed by atoms with Gasteiger partial charge in [0, 0.05) is 11.3 Å². The second-order valence-electron chi connectivity index (χ2n) is 8.04. The zero-order chi connectivity index (χ0) is 18.8. The van der Waals surface area contributed by atoms with Gasteiger partial charge in [-0.2, -0.15) is 0 Å². The van der Waals surface area contributed by atoms with E-state index in [0.717, 1.165) is 11.3 Å². The van der Waals surface area contributed by atoms with Crippen molar-refractivity contribution in [3.63, 3.8) is 0 Å². The van der Waals surface area contributed by atoms with Crippen LogP contribution in [0.2, 0.25) is 0 Å². The van der Waals surface area contributed by atoms with Gasteiger partial charge in [-0.3, -0.25) is 4.79 Å². The Morgan fingerprint density at radius 2 is 2.15 bits per heavy atom. The predicted molar refractivity (Wildman–Crippen MR) is 100 cm³/mol. The van der Waals surface area contributed by atoms with Crippen LogP contribution in [0.5, 0.6) is 11.5 Å². The second kappa shape index (κ2) is 5.81. The van der Waals surface area contributed by atoms with Crippen molar-refractivity contribution in [1.82, 2.24) is 0 Å². The molecule has 1 saturated carbocycles. The third kappa shape index (κ3) is 2.48. The summed E-state index contributed by atoms with van der Waals surface area (Å²) in [5.74, 6) is 0.319. The van der Waals surface area contributed by atoms with Crippen molar-refractivity contribution in [1.29, 1.82) is 0 Å². The molecule has 138 valence electrons. The van der Waals surface area contributed by atoms with Crippen LogP contribution in [0.1, 0.15) is 57.4 Å². The molecule has 1 aromatic carbocycles. The molecule has 2 aromatic rings. The highest BCUT2D eigenvalue weighted by atomic mass is 32.1. The van der Waals surface area contributed by atoms with Crippen LogP contribution < -0.4 is 4.74 Å². The second-order valence-corrected chi connectivity index (χ2v) is 9.27. The summed E-state index contributed by atoms with van der Waals surface area (Å²) in [7, 11) is 1.38. The van der Waals surface area contributed by atoms with Gasteiger partial charge in [0.25, 0.3) is 0 Å². The van der Waals surface area contributed by atoms with Crippen molar-refractivity contribution in [3.8, 4) is 11.5 Å². The van der Waals surface area contributed by atoms with Gasteiger partial charge in [0.1, 0.15) is 0 Å². The molecule has 0 spiro atoms. The Labute approximate surface area is 156 Å². The average molecular weight is 374 g/mol. The Morgan fingerprint density at radius 1 is 1.42 bits per heavy atom. The lowest BCUT2D eigenvalue weighted by molar-refractivity contribution is 0.0985. The number of phenols is 1. The van der Waals surface area contributed by atoms with E-state index in [1.807, 2.05) is 0 Å². The first-order valence-electron chi connectivity index (χ1n) is 8.96. The summed E-state index contributed by atoms with van der Waals surface area (Å²) in [6.45, 7) is 6.75. The number of ketones is 1. The minimum atomic E-state index is -0.720. The number of Topliss-reactive ketones (excluding diaryl/α,β-unsaturated/α-hetero) is 1. The molecular formula is C21H23FO3S. The number of carbonyl (C=O) groups is 1. The summed E-state index contributed by atoms with van der Waals surface area (Å²) >= 11 is 1.62. The number of carbonyl (C=O) groups excluding carboxylic acids is 1. The van der Waals surface area contributed by atoms with Gasteiger partial charge >= 0.3 is 0 Å². The fourth-order valence-electron chi connectivity index (χ4n) is 4.66. The number of rotatable bonds is 5. The van der Waals surface area contributed by atoms with Crippen LogP contribution in [-0.2, 0) is 12.8 Å². The van der Waals surface area contributed by atoms with E-state index in [4.69, 9.17) is 4.74 Å². The number of halogens is 1. The smallest absolute Gasteiger partial charge is 0.194 e. The highest BCUT2D eigenvalue weighted by molar-refractivity contribution is 7.14. The van der Waals surface area contributed by atoms with Crippen molar-refractivity contribution in [2.75, 3.05) is 7.11 Å². The molecule has 2 aliphatic rings. The maximum absolute atomic E-state index is 13.8. The molecule has 0 aliphatic heterocycles. The molecule has 1 N–H and O–H groups in total. The summed E-state index contributed by atoms with van der Waals surface area (Å²) in [5, 5.41) is 9.59. The van der Waals surface area contributed by atoms with E-state index in [9.17, 15) is 14.3 Å². The minimum absolute atomic E-state index is 0.0997. The van der Waals surface area contributed by atoms with Crippen molar-refractivity contribution in [2.45, 2.75) is 46.0 Å². The van der Waals surface area contributed by atoms with Gasteiger partial charge in [-0.05, 0) is 65.8 Å². The maximum Gasteiger partial charge on any atom is 0.194 e. The zero-order valence-electron chi connectivity index (χ0n) is 15.5. The molecule has 1 aromatic heterocycles. The third-order valence-corrected chi connectivity index (χ3v) is 7.43. The summed E-state index contributed by atoms with van der Waals surface area (Å²) in [5.41, 5.74) is 3.71. The highest BCUT2D eigenvalue weighted by Gasteiger charge is 2.63. The third-order valence-electron chi connectivity index (χ3n) is 6.22. The molecule has 5 heteroatoms. The Morgan fingerprint density at radius 3 is 2.85 bits per heavy atom. The quantitative estimate of drug-likeness (QED) is 0.748. The Bertz CT molecular complexity index is 912. The highest BCUT2D eigenvalue weighted by Crippen LogP contribution is 2.71. The molecule has 0 unspecified atom stereocenters. The fraction of sp³-hybridized carbons (Fsp3) is 0.476. The monoisotopic (exact) mass is 374 g/mol. The van der Waals surface area contributed by atoms with E-state index >= 15 is 0 Å². The summed E-state index contributed by atoms with van der Waals surface area (Å²) in [4.78, 5) is 15.0. The molecule has 3 nitrogen and oxygen atoms in total. The van der Waals surface area contributed by atoms with Gasteiger partial charge in [-0.1, -0.05) is 13.8 Å². The lowest BCUT2D eigenvalue weighted by Gasteiger charge is -2.10. The van der Waals surface area contributed by atoms with Crippen LogP contribution in [-0.4, -0.2) is 18.0 Å². The van der Waals surface area contributed by atoms with E-state index in [0.29, 0.717) is 35.7 Å². The molecule has 1 fully saturated rings. The number of aryl methyl sites for hydroxylation is 2. The van der Waals surface area contributed by atoms with Crippen molar-refractivity contribution in [3.05, 3.63) is 44.4 Å². The Hall–Kier alpha value is -1.88. The van der Waals surface area contributed by atoms with Gasteiger partial charge in [0.05, 0.1) is 12.0 Å². The van der Waals surface area contributed by atoms with E-state index in [-0.39, 0.29) is 11.5 Å². The SMILES string of the molecule is COc1cc(CCC(=O)c2sc(C)c3c2C[C@@H]2[C@H]3C2(C)C)cc(F)c1O. The lowest BCUT2D eigenvalue weighted by atomic mass is 9.94. The van der Waals surface area contributed by atoms with Crippen molar-refractivity contribution < 1.29 is 19.0 Å². The molecular weight excluding hydrogens is 351 g/mol.